The fourth-order valence-corrected chi connectivity index (χ4v) is 1.04. The molecule has 0 fully saturated rings. The Morgan fingerprint density at radius 3 is 2.62 bits per heavy atom. The normalized spacial score (nSPS) is 15.4. The van der Waals surface area contributed by atoms with Gasteiger partial charge in [0.05, 0.1) is 6.10 Å². The molecule has 13 heavy (non-hydrogen) atoms. The van der Waals surface area contributed by atoms with Gasteiger partial charge in [0.1, 0.15) is 11.6 Å². The van der Waals surface area contributed by atoms with E-state index in [4.69, 9.17) is 10.8 Å². The van der Waals surface area contributed by atoms with Crippen molar-refractivity contribution in [1.29, 1.82) is 0 Å². The van der Waals surface area contributed by atoms with Gasteiger partial charge in [0.15, 0.2) is 0 Å². The van der Waals surface area contributed by atoms with E-state index in [9.17, 15) is 9.50 Å². The molecule has 0 aliphatic carbocycles. The summed E-state index contributed by atoms with van der Waals surface area (Å²) >= 11 is 0. The van der Waals surface area contributed by atoms with Crippen molar-refractivity contribution in [3.05, 3.63) is 29.6 Å². The molecular formula is C9H12FNO2. The first-order chi connectivity index (χ1) is 6.02. The maximum Gasteiger partial charge on any atom is 0.129 e. The molecule has 0 bridgehead atoms. The average Bonchev–Trinajstić information content (AvgIpc) is 2.08. The molecule has 1 aromatic carbocycles. The van der Waals surface area contributed by atoms with Gasteiger partial charge in [-0.2, -0.15) is 0 Å². The van der Waals surface area contributed by atoms with Crippen LogP contribution in [-0.4, -0.2) is 16.3 Å². The lowest BCUT2D eigenvalue weighted by Crippen LogP contribution is -2.25. The second-order valence-electron chi connectivity index (χ2n) is 3.01. The minimum atomic E-state index is -1.09. The topological polar surface area (TPSA) is 66.5 Å². The lowest BCUT2D eigenvalue weighted by molar-refractivity contribution is 0.148. The number of hydrogen-bond donors (Lipinski definition) is 3. The van der Waals surface area contributed by atoms with Crippen LogP contribution in [0, 0.1) is 5.82 Å². The van der Waals surface area contributed by atoms with E-state index in [0.717, 1.165) is 6.07 Å². The van der Waals surface area contributed by atoms with Crippen LogP contribution < -0.4 is 5.73 Å². The molecule has 0 saturated carbocycles. The maximum absolute atomic E-state index is 13.1. The Morgan fingerprint density at radius 2 is 2.08 bits per heavy atom. The molecule has 4 N–H and O–H groups in total. The van der Waals surface area contributed by atoms with Gasteiger partial charge in [-0.15, -0.1) is 0 Å². The zero-order valence-electron chi connectivity index (χ0n) is 7.24. The Kier molecular flexibility index (Phi) is 2.85. The minimum Gasteiger partial charge on any atom is -0.508 e. The summed E-state index contributed by atoms with van der Waals surface area (Å²) < 4.78 is 13.1. The minimum absolute atomic E-state index is 0.0231. The number of benzene rings is 1. The number of nitrogens with two attached hydrogens (primary N) is 1. The van der Waals surface area contributed by atoms with Gasteiger partial charge >= 0.3 is 0 Å². The quantitative estimate of drug-likeness (QED) is 0.641. The molecule has 1 aromatic rings. The SMILES string of the molecule is C[C@H](N)[C@H](O)c1cc(O)ccc1F. The van der Waals surface area contributed by atoms with E-state index in [1.54, 1.807) is 6.92 Å². The summed E-state index contributed by atoms with van der Waals surface area (Å²) in [4.78, 5) is 0. The van der Waals surface area contributed by atoms with Crippen molar-refractivity contribution in [1.82, 2.24) is 0 Å². The van der Waals surface area contributed by atoms with Gasteiger partial charge in [-0.1, -0.05) is 0 Å². The van der Waals surface area contributed by atoms with Gasteiger partial charge in [-0.05, 0) is 25.1 Å². The largest absolute Gasteiger partial charge is 0.508 e. The van der Waals surface area contributed by atoms with E-state index in [1.807, 2.05) is 0 Å². The van der Waals surface area contributed by atoms with Crippen LogP contribution in [-0.2, 0) is 0 Å². The zero-order chi connectivity index (χ0) is 10.0. The first-order valence-corrected chi connectivity index (χ1v) is 3.94. The highest BCUT2D eigenvalue weighted by Crippen LogP contribution is 2.23. The molecule has 0 amide bonds. The van der Waals surface area contributed by atoms with Crippen molar-refractivity contribution < 1.29 is 14.6 Å². The van der Waals surface area contributed by atoms with Gasteiger partial charge in [-0.3, -0.25) is 0 Å². The van der Waals surface area contributed by atoms with Crippen LogP contribution in [0.25, 0.3) is 0 Å². The maximum atomic E-state index is 13.1. The second-order valence-corrected chi connectivity index (χ2v) is 3.01. The van der Waals surface area contributed by atoms with E-state index in [0.29, 0.717) is 0 Å². The number of hydrogen-bond acceptors (Lipinski definition) is 3. The third-order valence-electron chi connectivity index (χ3n) is 1.80. The monoisotopic (exact) mass is 185 g/mol. The third-order valence-corrected chi connectivity index (χ3v) is 1.80. The van der Waals surface area contributed by atoms with E-state index in [-0.39, 0.29) is 11.3 Å². The zero-order valence-corrected chi connectivity index (χ0v) is 7.24. The van der Waals surface area contributed by atoms with Gasteiger partial charge in [0.2, 0.25) is 0 Å². The lowest BCUT2D eigenvalue weighted by Gasteiger charge is -2.15. The van der Waals surface area contributed by atoms with Crippen LogP contribution in [0.4, 0.5) is 4.39 Å². The van der Waals surface area contributed by atoms with Crippen LogP contribution in [0.2, 0.25) is 0 Å². The molecule has 0 aliphatic heterocycles. The number of rotatable bonds is 2. The molecule has 0 heterocycles. The standard InChI is InChI=1S/C9H12FNO2/c1-5(11)9(13)7-4-6(12)2-3-8(7)10/h2-5,9,12-13H,11H2,1H3/t5-,9-/m0/s1. The Morgan fingerprint density at radius 1 is 1.46 bits per heavy atom. The number of phenols is 1. The van der Waals surface area contributed by atoms with Crippen molar-refractivity contribution in [2.45, 2.75) is 19.1 Å². The Balaban J connectivity index is 3.05. The first kappa shape index (κ1) is 9.95. The number of halogens is 1. The van der Waals surface area contributed by atoms with Crippen molar-refractivity contribution in [3.8, 4) is 5.75 Å². The smallest absolute Gasteiger partial charge is 0.129 e. The molecule has 3 nitrogen and oxygen atoms in total. The highest BCUT2D eigenvalue weighted by atomic mass is 19.1. The second kappa shape index (κ2) is 3.72. The van der Waals surface area contributed by atoms with Gasteiger partial charge in [0.25, 0.3) is 0 Å². The van der Waals surface area contributed by atoms with E-state index < -0.39 is 18.0 Å². The van der Waals surface area contributed by atoms with Crippen molar-refractivity contribution >= 4 is 0 Å². The molecule has 72 valence electrons. The summed E-state index contributed by atoms with van der Waals surface area (Å²) in [7, 11) is 0. The number of aliphatic hydroxyl groups excluding tert-OH is 1. The summed E-state index contributed by atoms with van der Waals surface area (Å²) in [6.07, 6.45) is -1.09. The van der Waals surface area contributed by atoms with Crippen LogP contribution in [0.1, 0.15) is 18.6 Å². The summed E-state index contributed by atoms with van der Waals surface area (Å²) in [5, 5.41) is 18.5. The van der Waals surface area contributed by atoms with Crippen LogP contribution in [0.15, 0.2) is 18.2 Å². The molecule has 0 aliphatic rings. The van der Waals surface area contributed by atoms with Gasteiger partial charge in [-0.25, -0.2) is 4.39 Å². The van der Waals surface area contributed by atoms with Crippen LogP contribution in [0.3, 0.4) is 0 Å². The highest BCUT2D eigenvalue weighted by molar-refractivity contribution is 5.30. The van der Waals surface area contributed by atoms with Gasteiger partial charge < -0.3 is 15.9 Å². The summed E-state index contributed by atoms with van der Waals surface area (Å²) in [6.45, 7) is 1.56. The molecule has 0 spiro atoms. The van der Waals surface area contributed by atoms with Crippen LogP contribution >= 0.6 is 0 Å². The number of phenolic OH excluding ortho intramolecular Hbond substituents is 1. The predicted molar refractivity (Wildman–Crippen MR) is 46.7 cm³/mol. The van der Waals surface area contributed by atoms with Gasteiger partial charge in [0, 0.05) is 11.6 Å². The molecule has 0 radical (unpaired) electrons. The molecule has 0 saturated heterocycles. The summed E-state index contributed by atoms with van der Waals surface area (Å²) in [5.41, 5.74) is 5.41. The molecule has 2 atom stereocenters. The van der Waals surface area contributed by atoms with Crippen LogP contribution in [0.5, 0.6) is 5.75 Å². The molecule has 0 aromatic heterocycles. The third kappa shape index (κ3) is 2.17. The van der Waals surface area contributed by atoms with Crippen molar-refractivity contribution in [3.63, 3.8) is 0 Å². The van der Waals surface area contributed by atoms with Crippen molar-refractivity contribution in [2.75, 3.05) is 0 Å². The number of aliphatic hydroxyl groups is 1. The Hall–Kier alpha value is -1.13. The van der Waals surface area contributed by atoms with E-state index in [2.05, 4.69) is 0 Å². The first-order valence-electron chi connectivity index (χ1n) is 3.94. The lowest BCUT2D eigenvalue weighted by atomic mass is 10.0. The highest BCUT2D eigenvalue weighted by Gasteiger charge is 2.16. The fraction of sp³-hybridized carbons (Fsp3) is 0.333. The van der Waals surface area contributed by atoms with E-state index in [1.165, 1.54) is 12.1 Å². The summed E-state index contributed by atoms with van der Waals surface area (Å²) in [5.74, 6) is -0.654. The van der Waals surface area contributed by atoms with Crippen molar-refractivity contribution in [2.24, 2.45) is 5.73 Å². The molecule has 0 unspecified atom stereocenters. The molecule has 1 rings (SSSR count). The average molecular weight is 185 g/mol. The summed E-state index contributed by atoms with van der Waals surface area (Å²) in [6, 6.07) is 2.91. The predicted octanol–water partition coefficient (Wildman–Crippen LogP) is 0.912. The fourth-order valence-electron chi connectivity index (χ4n) is 1.04. The van der Waals surface area contributed by atoms with E-state index >= 15 is 0 Å². The Labute approximate surface area is 75.6 Å². The molecular weight excluding hydrogens is 173 g/mol. The molecule has 4 heteroatoms. The Bertz CT molecular complexity index is 302. The number of aromatic hydroxyl groups is 1.